The van der Waals surface area contributed by atoms with E-state index in [9.17, 15) is 8.42 Å². The van der Waals surface area contributed by atoms with Crippen LogP contribution in [0.4, 0.5) is 5.69 Å². The van der Waals surface area contributed by atoms with E-state index in [1.807, 2.05) is 36.4 Å². The molecule has 0 atom stereocenters. The van der Waals surface area contributed by atoms with Gasteiger partial charge in [0.05, 0.1) is 10.6 Å². The third-order valence-corrected chi connectivity index (χ3v) is 4.72. The maximum atomic E-state index is 12.5. The van der Waals surface area contributed by atoms with Gasteiger partial charge in [-0.25, -0.2) is 8.42 Å². The van der Waals surface area contributed by atoms with Gasteiger partial charge >= 0.3 is 0 Å². The van der Waals surface area contributed by atoms with E-state index in [-0.39, 0.29) is 4.90 Å². The van der Waals surface area contributed by atoms with Gasteiger partial charge in [0, 0.05) is 11.1 Å². The van der Waals surface area contributed by atoms with E-state index in [0.717, 1.165) is 5.56 Å². The summed E-state index contributed by atoms with van der Waals surface area (Å²) >= 11 is 0. The van der Waals surface area contributed by atoms with Gasteiger partial charge in [-0.05, 0) is 36.4 Å². The Hall–Kier alpha value is -3.03. The Kier molecular flexibility index (Phi) is 4.64. The van der Waals surface area contributed by atoms with Crippen LogP contribution >= 0.6 is 0 Å². The van der Waals surface area contributed by atoms with Gasteiger partial charge in [0.1, 0.15) is 0 Å². The largest absolute Gasteiger partial charge is 0.278 e. The SMILES string of the molecule is O=S(=O)(Nc1ccccc1C#Cc1ccccc1)c1ccccc1. The van der Waals surface area contributed by atoms with E-state index >= 15 is 0 Å². The average molecular weight is 333 g/mol. The zero-order valence-corrected chi connectivity index (χ0v) is 13.6. The highest BCUT2D eigenvalue weighted by Crippen LogP contribution is 2.19. The van der Waals surface area contributed by atoms with Crippen molar-refractivity contribution in [2.24, 2.45) is 0 Å². The molecule has 0 saturated carbocycles. The molecule has 0 bridgehead atoms. The number of anilines is 1. The molecule has 24 heavy (non-hydrogen) atoms. The van der Waals surface area contributed by atoms with Gasteiger partial charge in [-0.3, -0.25) is 4.72 Å². The minimum Gasteiger partial charge on any atom is -0.278 e. The van der Waals surface area contributed by atoms with E-state index in [4.69, 9.17) is 0 Å². The first kappa shape index (κ1) is 15.9. The summed E-state index contributed by atoms with van der Waals surface area (Å²) < 4.78 is 27.5. The third-order valence-electron chi connectivity index (χ3n) is 3.34. The van der Waals surface area contributed by atoms with Crippen molar-refractivity contribution in [2.75, 3.05) is 4.72 Å². The Morgan fingerprint density at radius 2 is 1.25 bits per heavy atom. The summed E-state index contributed by atoms with van der Waals surface area (Å²) in [6, 6.07) is 24.9. The Labute approximate surface area is 142 Å². The summed E-state index contributed by atoms with van der Waals surface area (Å²) in [5.41, 5.74) is 1.96. The Morgan fingerprint density at radius 1 is 0.667 bits per heavy atom. The van der Waals surface area contributed by atoms with Crippen LogP contribution in [-0.2, 0) is 10.0 Å². The van der Waals surface area contributed by atoms with Gasteiger partial charge in [-0.15, -0.1) is 0 Å². The highest BCUT2D eigenvalue weighted by Gasteiger charge is 2.14. The Morgan fingerprint density at radius 3 is 1.96 bits per heavy atom. The quantitative estimate of drug-likeness (QED) is 0.739. The van der Waals surface area contributed by atoms with Crippen LogP contribution in [0.2, 0.25) is 0 Å². The van der Waals surface area contributed by atoms with Crippen LogP contribution in [0, 0.1) is 11.8 Å². The molecule has 0 saturated heterocycles. The van der Waals surface area contributed by atoms with Crippen LogP contribution in [0.3, 0.4) is 0 Å². The van der Waals surface area contributed by atoms with Crippen molar-refractivity contribution in [1.82, 2.24) is 0 Å². The fourth-order valence-corrected chi connectivity index (χ4v) is 3.25. The average Bonchev–Trinajstić information content (AvgIpc) is 2.62. The van der Waals surface area contributed by atoms with Crippen molar-refractivity contribution in [3.8, 4) is 11.8 Å². The summed E-state index contributed by atoms with van der Waals surface area (Å²) in [5.74, 6) is 6.07. The van der Waals surface area contributed by atoms with Crippen molar-refractivity contribution < 1.29 is 8.42 Å². The molecule has 0 heterocycles. The summed E-state index contributed by atoms with van der Waals surface area (Å²) in [7, 11) is -3.64. The standard InChI is InChI=1S/C20H15NO2S/c22-24(23,19-12-5-2-6-13-19)21-20-14-8-7-11-18(20)16-15-17-9-3-1-4-10-17/h1-14,21H. The first-order valence-corrected chi connectivity index (χ1v) is 8.87. The number of para-hydroxylation sites is 1. The molecular weight excluding hydrogens is 318 g/mol. The molecule has 0 spiro atoms. The number of hydrogen-bond donors (Lipinski definition) is 1. The summed E-state index contributed by atoms with van der Waals surface area (Å²) in [6.45, 7) is 0. The van der Waals surface area contributed by atoms with Crippen molar-refractivity contribution >= 4 is 15.7 Å². The molecule has 0 aliphatic heterocycles. The van der Waals surface area contributed by atoms with Crippen molar-refractivity contribution in [2.45, 2.75) is 4.90 Å². The van der Waals surface area contributed by atoms with Crippen LogP contribution in [0.5, 0.6) is 0 Å². The lowest BCUT2D eigenvalue weighted by atomic mass is 10.1. The first-order valence-electron chi connectivity index (χ1n) is 7.39. The number of benzene rings is 3. The lowest BCUT2D eigenvalue weighted by Gasteiger charge is -2.09. The van der Waals surface area contributed by atoms with Crippen molar-refractivity contribution in [3.63, 3.8) is 0 Å². The van der Waals surface area contributed by atoms with Crippen LogP contribution in [-0.4, -0.2) is 8.42 Å². The van der Waals surface area contributed by atoms with Crippen LogP contribution < -0.4 is 4.72 Å². The van der Waals surface area contributed by atoms with Gasteiger partial charge < -0.3 is 0 Å². The van der Waals surface area contributed by atoms with E-state index in [0.29, 0.717) is 11.3 Å². The Bertz CT molecular complexity index is 986. The number of rotatable bonds is 3. The van der Waals surface area contributed by atoms with E-state index in [2.05, 4.69) is 16.6 Å². The molecular formula is C20H15NO2S. The number of sulfonamides is 1. The molecule has 0 unspecified atom stereocenters. The maximum absolute atomic E-state index is 12.5. The summed E-state index contributed by atoms with van der Waals surface area (Å²) in [4.78, 5) is 0.218. The van der Waals surface area contributed by atoms with Crippen molar-refractivity contribution in [1.29, 1.82) is 0 Å². The number of hydrogen-bond acceptors (Lipinski definition) is 2. The van der Waals surface area contributed by atoms with Crippen LogP contribution in [0.1, 0.15) is 11.1 Å². The predicted molar refractivity (Wildman–Crippen MR) is 96.1 cm³/mol. The Balaban J connectivity index is 1.92. The minimum absolute atomic E-state index is 0.218. The van der Waals surface area contributed by atoms with Crippen LogP contribution in [0.25, 0.3) is 0 Å². The lowest BCUT2D eigenvalue weighted by molar-refractivity contribution is 0.601. The van der Waals surface area contributed by atoms with Crippen LogP contribution in [0.15, 0.2) is 89.8 Å². The molecule has 3 aromatic carbocycles. The highest BCUT2D eigenvalue weighted by atomic mass is 32.2. The predicted octanol–water partition coefficient (Wildman–Crippen LogP) is 3.89. The molecule has 0 aliphatic carbocycles. The minimum atomic E-state index is -3.64. The fraction of sp³-hybridized carbons (Fsp3) is 0. The third kappa shape index (κ3) is 3.83. The zero-order valence-electron chi connectivity index (χ0n) is 12.8. The maximum Gasteiger partial charge on any atom is 0.261 e. The first-order chi connectivity index (χ1) is 11.6. The van der Waals surface area contributed by atoms with Crippen molar-refractivity contribution in [3.05, 3.63) is 96.1 Å². The van der Waals surface area contributed by atoms with Gasteiger partial charge in [-0.1, -0.05) is 60.4 Å². The lowest BCUT2D eigenvalue weighted by Crippen LogP contribution is -2.13. The summed E-state index contributed by atoms with van der Waals surface area (Å²) in [5, 5.41) is 0. The topological polar surface area (TPSA) is 46.2 Å². The van der Waals surface area contributed by atoms with Gasteiger partial charge in [0.15, 0.2) is 0 Å². The van der Waals surface area contributed by atoms with E-state index in [1.54, 1.807) is 48.5 Å². The van der Waals surface area contributed by atoms with E-state index in [1.165, 1.54) is 0 Å². The molecule has 1 N–H and O–H groups in total. The highest BCUT2D eigenvalue weighted by molar-refractivity contribution is 7.92. The normalized spacial score (nSPS) is 10.5. The molecule has 3 rings (SSSR count). The second-order valence-corrected chi connectivity index (χ2v) is 6.76. The zero-order chi connectivity index (χ0) is 16.8. The van der Waals surface area contributed by atoms with Gasteiger partial charge in [-0.2, -0.15) is 0 Å². The molecule has 118 valence electrons. The summed E-state index contributed by atoms with van der Waals surface area (Å²) in [6.07, 6.45) is 0. The molecule has 0 aliphatic rings. The molecule has 0 amide bonds. The molecule has 0 aromatic heterocycles. The van der Waals surface area contributed by atoms with Gasteiger partial charge in [0.25, 0.3) is 10.0 Å². The number of nitrogens with one attached hydrogen (secondary N) is 1. The van der Waals surface area contributed by atoms with Gasteiger partial charge in [0.2, 0.25) is 0 Å². The fourth-order valence-electron chi connectivity index (χ4n) is 2.15. The second-order valence-electron chi connectivity index (χ2n) is 5.08. The molecule has 4 heteroatoms. The molecule has 0 radical (unpaired) electrons. The monoisotopic (exact) mass is 333 g/mol. The molecule has 3 aromatic rings. The molecule has 0 fully saturated rings. The second kappa shape index (κ2) is 7.03. The smallest absolute Gasteiger partial charge is 0.261 e. The molecule has 3 nitrogen and oxygen atoms in total. The van der Waals surface area contributed by atoms with E-state index < -0.39 is 10.0 Å².